The molecule has 1 aromatic rings. The monoisotopic (exact) mass is 383 g/mol. The first kappa shape index (κ1) is 18.9. The quantitative estimate of drug-likeness (QED) is 0.838. The van der Waals surface area contributed by atoms with E-state index in [1.165, 1.54) is 25.3 Å². The zero-order chi connectivity index (χ0) is 18.7. The van der Waals surface area contributed by atoms with Crippen molar-refractivity contribution in [3.8, 4) is 0 Å². The van der Waals surface area contributed by atoms with Crippen molar-refractivity contribution in [2.24, 2.45) is 0 Å². The standard InChI is InChI=1S/C18H26FN3O3S/c1-22(15-5-3-2-4-6-15)17-8-7-13(11-16(17)19)20-18(23)21-14-9-10-26(24,25)12-14/h7-8,11,14-15H,2-6,9-10,12H2,1H3,(H2,20,21,23)/t14-/m0/s1. The minimum atomic E-state index is -3.05. The molecule has 1 aliphatic heterocycles. The van der Waals surface area contributed by atoms with Crippen molar-refractivity contribution in [3.63, 3.8) is 0 Å². The lowest BCUT2D eigenvalue weighted by Crippen LogP contribution is -2.38. The number of nitrogens with one attached hydrogen (secondary N) is 2. The van der Waals surface area contributed by atoms with Crippen molar-refractivity contribution in [1.82, 2.24) is 5.32 Å². The SMILES string of the molecule is CN(c1ccc(NC(=O)N[C@H]2CCS(=O)(=O)C2)cc1F)C1CCCCC1. The Morgan fingerprint density at radius 1 is 1.19 bits per heavy atom. The van der Waals surface area contributed by atoms with Crippen LogP contribution in [0, 0.1) is 5.82 Å². The van der Waals surface area contributed by atoms with Crippen LogP contribution in [0.15, 0.2) is 18.2 Å². The molecule has 1 saturated heterocycles. The number of amides is 2. The van der Waals surface area contributed by atoms with Gasteiger partial charge in [0.15, 0.2) is 9.84 Å². The van der Waals surface area contributed by atoms with Gasteiger partial charge in [0.25, 0.3) is 0 Å². The Morgan fingerprint density at radius 2 is 1.92 bits per heavy atom. The molecule has 6 nitrogen and oxygen atoms in total. The second-order valence-corrected chi connectivity index (χ2v) is 9.50. The Balaban J connectivity index is 1.59. The molecule has 8 heteroatoms. The zero-order valence-corrected chi connectivity index (χ0v) is 15.8. The highest BCUT2D eigenvalue weighted by Crippen LogP contribution is 2.29. The molecule has 26 heavy (non-hydrogen) atoms. The first-order valence-electron chi connectivity index (χ1n) is 9.14. The van der Waals surface area contributed by atoms with Gasteiger partial charge in [-0.15, -0.1) is 0 Å². The third kappa shape index (κ3) is 4.66. The van der Waals surface area contributed by atoms with Crippen LogP contribution in [0.2, 0.25) is 0 Å². The maximum atomic E-state index is 14.5. The number of urea groups is 1. The summed E-state index contributed by atoms with van der Waals surface area (Å²) in [6.45, 7) is 0. The molecule has 2 N–H and O–H groups in total. The topological polar surface area (TPSA) is 78.5 Å². The Labute approximate surface area is 154 Å². The van der Waals surface area contributed by atoms with E-state index < -0.39 is 15.9 Å². The van der Waals surface area contributed by atoms with Crippen LogP contribution < -0.4 is 15.5 Å². The number of hydrogen-bond acceptors (Lipinski definition) is 4. The Kier molecular flexibility index (Phi) is 5.70. The Bertz CT molecular complexity index is 763. The minimum Gasteiger partial charge on any atom is -0.369 e. The van der Waals surface area contributed by atoms with Gasteiger partial charge in [-0.25, -0.2) is 17.6 Å². The van der Waals surface area contributed by atoms with Crippen LogP contribution in [0.4, 0.5) is 20.6 Å². The minimum absolute atomic E-state index is 0.0418. The van der Waals surface area contributed by atoms with Gasteiger partial charge in [0.2, 0.25) is 0 Å². The van der Waals surface area contributed by atoms with E-state index >= 15 is 0 Å². The van der Waals surface area contributed by atoms with Crippen LogP contribution in [-0.4, -0.2) is 45.1 Å². The van der Waals surface area contributed by atoms with Gasteiger partial charge in [0.1, 0.15) is 5.82 Å². The van der Waals surface area contributed by atoms with E-state index in [1.807, 2.05) is 11.9 Å². The highest BCUT2D eigenvalue weighted by atomic mass is 32.2. The van der Waals surface area contributed by atoms with E-state index in [2.05, 4.69) is 10.6 Å². The molecule has 1 saturated carbocycles. The molecule has 1 aliphatic carbocycles. The van der Waals surface area contributed by atoms with Gasteiger partial charge in [0, 0.05) is 24.8 Å². The lowest BCUT2D eigenvalue weighted by Gasteiger charge is -2.33. The summed E-state index contributed by atoms with van der Waals surface area (Å²) >= 11 is 0. The number of carbonyl (C=O) groups is 1. The maximum absolute atomic E-state index is 14.5. The van der Waals surface area contributed by atoms with E-state index in [9.17, 15) is 17.6 Å². The summed E-state index contributed by atoms with van der Waals surface area (Å²) in [7, 11) is -1.14. The van der Waals surface area contributed by atoms with Gasteiger partial charge in [-0.1, -0.05) is 19.3 Å². The summed E-state index contributed by atoms with van der Waals surface area (Å²) in [5.41, 5.74) is 0.881. The highest BCUT2D eigenvalue weighted by molar-refractivity contribution is 7.91. The van der Waals surface area contributed by atoms with Crippen molar-refractivity contribution in [2.45, 2.75) is 50.6 Å². The molecule has 1 aromatic carbocycles. The summed E-state index contributed by atoms with van der Waals surface area (Å²) in [5, 5.41) is 5.21. The van der Waals surface area contributed by atoms with Gasteiger partial charge in [-0.2, -0.15) is 0 Å². The van der Waals surface area contributed by atoms with Crippen LogP contribution >= 0.6 is 0 Å². The average molecular weight is 383 g/mol. The maximum Gasteiger partial charge on any atom is 0.319 e. The number of anilines is 2. The van der Waals surface area contributed by atoms with Crippen molar-refractivity contribution in [3.05, 3.63) is 24.0 Å². The highest BCUT2D eigenvalue weighted by Gasteiger charge is 2.29. The van der Waals surface area contributed by atoms with E-state index in [-0.39, 0.29) is 23.4 Å². The number of nitrogens with zero attached hydrogens (tertiary/aromatic N) is 1. The molecular formula is C18H26FN3O3S. The molecule has 0 spiro atoms. The summed E-state index contributed by atoms with van der Waals surface area (Å²) in [5.74, 6) is -0.325. The molecule has 0 aromatic heterocycles. The van der Waals surface area contributed by atoms with Crippen molar-refractivity contribution in [2.75, 3.05) is 28.8 Å². The summed E-state index contributed by atoms with van der Waals surface area (Å²) < 4.78 is 37.4. The normalized spacial score (nSPS) is 22.8. The van der Waals surface area contributed by atoms with Crippen molar-refractivity contribution in [1.29, 1.82) is 0 Å². The second kappa shape index (κ2) is 7.82. The van der Waals surface area contributed by atoms with Gasteiger partial charge < -0.3 is 15.5 Å². The first-order chi connectivity index (χ1) is 12.3. The molecule has 2 fully saturated rings. The van der Waals surface area contributed by atoms with Gasteiger partial charge in [0.05, 0.1) is 17.2 Å². The second-order valence-electron chi connectivity index (χ2n) is 7.27. The third-order valence-electron chi connectivity index (χ3n) is 5.28. The van der Waals surface area contributed by atoms with Crippen LogP contribution in [0.1, 0.15) is 38.5 Å². The number of benzene rings is 1. The molecule has 2 aliphatic rings. The lowest BCUT2D eigenvalue weighted by atomic mass is 9.94. The number of carbonyl (C=O) groups excluding carboxylic acids is 1. The predicted molar refractivity (Wildman–Crippen MR) is 101 cm³/mol. The Morgan fingerprint density at radius 3 is 2.54 bits per heavy atom. The van der Waals surface area contributed by atoms with Gasteiger partial charge in [-0.05, 0) is 37.5 Å². The number of rotatable bonds is 4. The van der Waals surface area contributed by atoms with Crippen LogP contribution in [0.5, 0.6) is 0 Å². The smallest absolute Gasteiger partial charge is 0.319 e. The predicted octanol–water partition coefficient (Wildman–Crippen LogP) is 2.90. The van der Waals surface area contributed by atoms with E-state index in [0.29, 0.717) is 23.8 Å². The molecule has 1 heterocycles. The average Bonchev–Trinajstić information content (AvgIpc) is 2.93. The molecule has 0 bridgehead atoms. The lowest BCUT2D eigenvalue weighted by molar-refractivity contribution is 0.249. The summed E-state index contributed by atoms with van der Waals surface area (Å²) in [6, 6.07) is 4.10. The fourth-order valence-corrected chi connectivity index (χ4v) is 5.47. The molecule has 2 amide bonds. The molecule has 1 atom stereocenters. The van der Waals surface area contributed by atoms with Gasteiger partial charge in [-0.3, -0.25) is 0 Å². The largest absolute Gasteiger partial charge is 0.369 e. The molecule has 0 radical (unpaired) electrons. The van der Waals surface area contributed by atoms with E-state index in [0.717, 1.165) is 12.8 Å². The van der Waals surface area contributed by atoms with Gasteiger partial charge >= 0.3 is 6.03 Å². The van der Waals surface area contributed by atoms with Crippen LogP contribution in [-0.2, 0) is 9.84 Å². The fourth-order valence-electron chi connectivity index (χ4n) is 3.80. The number of hydrogen-bond donors (Lipinski definition) is 2. The third-order valence-corrected chi connectivity index (χ3v) is 7.04. The van der Waals surface area contributed by atoms with Crippen molar-refractivity contribution >= 4 is 27.2 Å². The van der Waals surface area contributed by atoms with E-state index in [4.69, 9.17) is 0 Å². The molecule has 0 unspecified atom stereocenters. The molecule has 144 valence electrons. The van der Waals surface area contributed by atoms with E-state index in [1.54, 1.807) is 12.1 Å². The number of halogens is 1. The Hall–Kier alpha value is -1.83. The summed E-state index contributed by atoms with van der Waals surface area (Å²) in [6.07, 6.45) is 6.15. The van der Waals surface area contributed by atoms with Crippen molar-refractivity contribution < 1.29 is 17.6 Å². The first-order valence-corrected chi connectivity index (χ1v) is 11.0. The zero-order valence-electron chi connectivity index (χ0n) is 15.0. The summed E-state index contributed by atoms with van der Waals surface area (Å²) in [4.78, 5) is 14.0. The molecule has 3 rings (SSSR count). The van der Waals surface area contributed by atoms with Crippen LogP contribution in [0.25, 0.3) is 0 Å². The number of sulfone groups is 1. The van der Waals surface area contributed by atoms with Crippen LogP contribution in [0.3, 0.4) is 0 Å². The fraction of sp³-hybridized carbons (Fsp3) is 0.611. The molecular weight excluding hydrogens is 357 g/mol.